The molecular weight excluding hydrogens is 342 g/mol. The van der Waals surface area contributed by atoms with Gasteiger partial charge in [-0.1, -0.05) is 49.4 Å². The Labute approximate surface area is 160 Å². The van der Waals surface area contributed by atoms with E-state index < -0.39 is 18.0 Å². The van der Waals surface area contributed by atoms with E-state index in [2.05, 4.69) is 5.32 Å². The topological polar surface area (TPSA) is 64.6 Å². The van der Waals surface area contributed by atoms with E-state index in [4.69, 9.17) is 9.47 Å². The van der Waals surface area contributed by atoms with Gasteiger partial charge in [-0.05, 0) is 38.0 Å². The number of hydrogen-bond donors (Lipinski definition) is 1. The van der Waals surface area contributed by atoms with Crippen molar-refractivity contribution < 1.29 is 19.1 Å². The number of allylic oxidation sites excluding steroid dienone is 1. The number of carbonyl (C=O) groups is 2. The van der Waals surface area contributed by atoms with Crippen LogP contribution in [0.15, 0.2) is 60.2 Å². The normalized spacial score (nSPS) is 12.2. The number of esters is 1. The number of nitrogens with one attached hydrogen (secondary N) is 1. The lowest BCUT2D eigenvalue weighted by molar-refractivity contribution is -0.150. The molecule has 2 aromatic carbocycles. The molecule has 1 amide bonds. The smallest absolute Gasteiger partial charge is 0.334 e. The van der Waals surface area contributed by atoms with Gasteiger partial charge in [-0.25, -0.2) is 4.79 Å². The van der Waals surface area contributed by atoms with E-state index in [0.717, 1.165) is 5.56 Å². The minimum Gasteiger partial charge on any atom is -0.495 e. The van der Waals surface area contributed by atoms with Gasteiger partial charge in [0.1, 0.15) is 5.75 Å². The lowest BCUT2D eigenvalue weighted by atomic mass is 10.1. The van der Waals surface area contributed by atoms with Gasteiger partial charge in [0.05, 0.1) is 12.8 Å². The number of hydrogen-bond acceptors (Lipinski definition) is 4. The fourth-order valence-corrected chi connectivity index (χ4v) is 2.61. The first kappa shape index (κ1) is 20.2. The van der Waals surface area contributed by atoms with E-state index in [1.165, 1.54) is 7.11 Å². The number of carbonyl (C=O) groups excluding carboxylic acids is 2. The molecule has 5 nitrogen and oxygen atoms in total. The quantitative estimate of drug-likeness (QED) is 0.574. The summed E-state index contributed by atoms with van der Waals surface area (Å²) in [6.07, 6.45) is 1.42. The van der Waals surface area contributed by atoms with Crippen LogP contribution in [0.5, 0.6) is 5.75 Å². The Bertz CT molecular complexity index is 827. The van der Waals surface area contributed by atoms with Gasteiger partial charge in [0.25, 0.3) is 5.91 Å². The third kappa shape index (κ3) is 5.45. The highest BCUT2D eigenvalue weighted by atomic mass is 16.5. The molecule has 1 unspecified atom stereocenters. The van der Waals surface area contributed by atoms with Crippen LogP contribution in [-0.4, -0.2) is 19.0 Å². The summed E-state index contributed by atoms with van der Waals surface area (Å²) in [5.41, 5.74) is 2.57. The molecule has 0 aliphatic rings. The van der Waals surface area contributed by atoms with Gasteiger partial charge < -0.3 is 14.8 Å². The Morgan fingerprint density at radius 2 is 1.85 bits per heavy atom. The third-order valence-corrected chi connectivity index (χ3v) is 4.01. The maximum absolute atomic E-state index is 12.9. The predicted molar refractivity (Wildman–Crippen MR) is 106 cm³/mol. The molecule has 0 fully saturated rings. The van der Waals surface area contributed by atoms with E-state index in [1.54, 1.807) is 43.3 Å². The van der Waals surface area contributed by atoms with E-state index in [0.29, 0.717) is 29.0 Å². The summed E-state index contributed by atoms with van der Waals surface area (Å²) in [5.74, 6) is -0.422. The number of methoxy groups -OCH3 is 1. The van der Waals surface area contributed by atoms with Crippen LogP contribution in [-0.2, 0) is 14.3 Å². The largest absolute Gasteiger partial charge is 0.495 e. The molecule has 5 heteroatoms. The fourth-order valence-electron chi connectivity index (χ4n) is 2.61. The van der Waals surface area contributed by atoms with Crippen LogP contribution in [0.4, 0.5) is 5.69 Å². The van der Waals surface area contributed by atoms with E-state index in [9.17, 15) is 9.59 Å². The molecule has 2 rings (SSSR count). The molecule has 1 N–H and O–H groups in total. The molecule has 0 aromatic heterocycles. The van der Waals surface area contributed by atoms with Crippen molar-refractivity contribution in [1.82, 2.24) is 0 Å². The monoisotopic (exact) mass is 367 g/mol. The Balaban J connectivity index is 2.31. The second-order valence-electron chi connectivity index (χ2n) is 6.18. The van der Waals surface area contributed by atoms with Crippen molar-refractivity contribution in [3.63, 3.8) is 0 Å². The van der Waals surface area contributed by atoms with E-state index >= 15 is 0 Å². The first-order valence-corrected chi connectivity index (χ1v) is 8.84. The summed E-state index contributed by atoms with van der Waals surface area (Å²) in [7, 11) is 1.54. The van der Waals surface area contributed by atoms with Gasteiger partial charge in [0, 0.05) is 11.1 Å². The first-order valence-electron chi connectivity index (χ1n) is 8.84. The molecule has 0 aliphatic carbocycles. The Hall–Kier alpha value is -3.08. The zero-order valence-corrected chi connectivity index (χ0v) is 16.1. The van der Waals surface area contributed by atoms with Crippen molar-refractivity contribution in [2.24, 2.45) is 0 Å². The van der Waals surface area contributed by atoms with Crippen molar-refractivity contribution in [3.05, 3.63) is 71.3 Å². The molecule has 27 heavy (non-hydrogen) atoms. The van der Waals surface area contributed by atoms with Gasteiger partial charge >= 0.3 is 5.97 Å². The summed E-state index contributed by atoms with van der Waals surface area (Å²) < 4.78 is 10.8. The highest BCUT2D eigenvalue weighted by Crippen LogP contribution is 2.28. The van der Waals surface area contributed by atoms with Crippen LogP contribution in [0.1, 0.15) is 37.5 Å². The molecule has 0 spiro atoms. The zero-order valence-electron chi connectivity index (χ0n) is 16.1. The first-order chi connectivity index (χ1) is 13.0. The summed E-state index contributed by atoms with van der Waals surface area (Å²) in [4.78, 5) is 25.3. The summed E-state index contributed by atoms with van der Waals surface area (Å²) in [6.45, 7) is 5.53. The number of aryl methyl sites for hydroxylation is 1. The van der Waals surface area contributed by atoms with E-state index in [1.807, 2.05) is 32.0 Å². The van der Waals surface area contributed by atoms with Crippen molar-refractivity contribution in [3.8, 4) is 5.75 Å². The van der Waals surface area contributed by atoms with Crippen molar-refractivity contribution in [2.75, 3.05) is 12.4 Å². The summed E-state index contributed by atoms with van der Waals surface area (Å²) >= 11 is 0. The highest BCUT2D eigenvalue weighted by molar-refractivity contribution is 5.98. The van der Waals surface area contributed by atoms with Gasteiger partial charge in [0.15, 0.2) is 0 Å². The van der Waals surface area contributed by atoms with Crippen LogP contribution in [0.2, 0.25) is 0 Å². The maximum atomic E-state index is 12.9. The number of amides is 1. The number of anilines is 1. The second kappa shape index (κ2) is 9.57. The van der Waals surface area contributed by atoms with Crippen molar-refractivity contribution >= 4 is 17.6 Å². The highest BCUT2D eigenvalue weighted by Gasteiger charge is 2.26. The minimum atomic E-state index is -1.07. The third-order valence-electron chi connectivity index (χ3n) is 4.01. The van der Waals surface area contributed by atoms with Gasteiger partial charge in [-0.2, -0.15) is 0 Å². The van der Waals surface area contributed by atoms with Crippen LogP contribution in [0, 0.1) is 6.92 Å². The second-order valence-corrected chi connectivity index (χ2v) is 6.18. The lowest BCUT2D eigenvalue weighted by Crippen LogP contribution is -2.26. The Kier molecular flexibility index (Phi) is 7.17. The molecule has 2 aromatic rings. The summed E-state index contributed by atoms with van der Waals surface area (Å²) in [6, 6.07) is 14.4. The molecule has 0 saturated heterocycles. The minimum absolute atomic E-state index is 0.442. The van der Waals surface area contributed by atoms with Crippen LogP contribution < -0.4 is 10.1 Å². The Morgan fingerprint density at radius 1 is 1.15 bits per heavy atom. The average molecular weight is 367 g/mol. The Morgan fingerprint density at radius 3 is 2.48 bits per heavy atom. The SMILES string of the molecule is CC/C=C(/C)C(=O)OC(C(=O)Nc1cc(C)ccc1OC)c1ccccc1. The van der Waals surface area contributed by atoms with Crippen molar-refractivity contribution in [2.45, 2.75) is 33.3 Å². The van der Waals surface area contributed by atoms with Gasteiger partial charge in [-0.15, -0.1) is 0 Å². The van der Waals surface area contributed by atoms with Crippen LogP contribution >= 0.6 is 0 Å². The van der Waals surface area contributed by atoms with Crippen LogP contribution in [0.3, 0.4) is 0 Å². The van der Waals surface area contributed by atoms with Crippen LogP contribution in [0.25, 0.3) is 0 Å². The lowest BCUT2D eigenvalue weighted by Gasteiger charge is -2.19. The van der Waals surface area contributed by atoms with Gasteiger partial charge in [0.2, 0.25) is 6.10 Å². The number of ether oxygens (including phenoxy) is 2. The molecular formula is C22H25NO4. The maximum Gasteiger partial charge on any atom is 0.334 e. The standard InChI is InChI=1S/C22H25NO4/c1-5-9-16(3)22(25)27-20(17-10-7-6-8-11-17)21(24)23-18-14-15(2)12-13-19(18)26-4/h6-14,20H,5H2,1-4H3,(H,23,24)/b16-9-. The molecule has 0 bridgehead atoms. The fraction of sp³-hybridized carbons (Fsp3) is 0.273. The molecule has 0 radical (unpaired) electrons. The summed E-state index contributed by atoms with van der Waals surface area (Å²) in [5, 5.41) is 2.82. The van der Waals surface area contributed by atoms with Crippen molar-refractivity contribution in [1.29, 1.82) is 0 Å². The molecule has 142 valence electrons. The number of rotatable bonds is 7. The molecule has 0 heterocycles. The number of benzene rings is 2. The molecule has 1 atom stereocenters. The molecule has 0 aliphatic heterocycles. The van der Waals surface area contributed by atoms with E-state index in [-0.39, 0.29) is 0 Å². The zero-order chi connectivity index (χ0) is 19.8. The van der Waals surface area contributed by atoms with Gasteiger partial charge in [-0.3, -0.25) is 4.79 Å². The average Bonchev–Trinajstić information content (AvgIpc) is 2.66. The predicted octanol–water partition coefficient (Wildman–Crippen LogP) is 4.58. The molecule has 0 saturated carbocycles.